The lowest BCUT2D eigenvalue weighted by atomic mass is 10.1. The van der Waals surface area contributed by atoms with Gasteiger partial charge in [-0.2, -0.15) is 11.3 Å². The van der Waals surface area contributed by atoms with Crippen LogP contribution in [0, 0.1) is 13.8 Å². The minimum atomic E-state index is 0.445. The lowest BCUT2D eigenvalue weighted by Crippen LogP contribution is -2.38. The minimum Gasteiger partial charge on any atom is -0.357 e. The summed E-state index contributed by atoms with van der Waals surface area (Å²) in [6, 6.07) is 2.18. The second-order valence-electron chi connectivity index (χ2n) is 5.60. The molecule has 0 aliphatic rings. The van der Waals surface area contributed by atoms with Gasteiger partial charge >= 0.3 is 0 Å². The van der Waals surface area contributed by atoms with Gasteiger partial charge in [0, 0.05) is 36.9 Å². The zero-order chi connectivity index (χ0) is 16.7. The van der Waals surface area contributed by atoms with Crippen LogP contribution in [0.15, 0.2) is 21.8 Å². The second-order valence-corrected chi connectivity index (χ2v) is 7.67. The Labute approximate surface area is 147 Å². The molecule has 0 saturated carbocycles. The van der Waals surface area contributed by atoms with Gasteiger partial charge in [0.1, 0.15) is 0 Å². The van der Waals surface area contributed by atoms with Crippen LogP contribution in [0.25, 0.3) is 0 Å². The van der Waals surface area contributed by atoms with E-state index in [-0.39, 0.29) is 0 Å². The van der Waals surface area contributed by atoms with E-state index in [2.05, 4.69) is 60.1 Å². The van der Waals surface area contributed by atoms with Crippen LogP contribution in [0.3, 0.4) is 0 Å². The SMILES string of the molecule is CCNC(=NCC(C)c1ccsc1)NCCc1nc(C)c(C)s1. The maximum Gasteiger partial charge on any atom is 0.191 e. The average Bonchev–Trinajstić information content (AvgIpc) is 3.15. The second kappa shape index (κ2) is 9.03. The molecule has 2 aromatic rings. The third-order valence-corrected chi connectivity index (χ3v) is 5.52. The van der Waals surface area contributed by atoms with Crippen molar-refractivity contribution in [1.82, 2.24) is 15.6 Å². The summed E-state index contributed by atoms with van der Waals surface area (Å²) in [5.41, 5.74) is 2.51. The van der Waals surface area contributed by atoms with E-state index < -0.39 is 0 Å². The molecule has 0 saturated heterocycles. The van der Waals surface area contributed by atoms with E-state index in [1.807, 2.05) is 0 Å². The van der Waals surface area contributed by atoms with Crippen molar-refractivity contribution in [2.24, 2.45) is 4.99 Å². The molecule has 6 heteroatoms. The Balaban J connectivity index is 1.83. The molecule has 126 valence electrons. The fourth-order valence-corrected chi connectivity index (χ4v) is 3.88. The van der Waals surface area contributed by atoms with E-state index in [0.717, 1.165) is 37.7 Å². The fraction of sp³-hybridized carbons (Fsp3) is 0.529. The number of guanidine groups is 1. The maximum absolute atomic E-state index is 4.71. The monoisotopic (exact) mass is 350 g/mol. The van der Waals surface area contributed by atoms with E-state index in [1.54, 1.807) is 22.7 Å². The number of aryl methyl sites for hydroxylation is 2. The highest BCUT2D eigenvalue weighted by Crippen LogP contribution is 2.18. The van der Waals surface area contributed by atoms with Crippen molar-refractivity contribution in [3.8, 4) is 0 Å². The molecular formula is C17H26N4S2. The number of hydrogen-bond acceptors (Lipinski definition) is 4. The first kappa shape index (κ1) is 17.9. The van der Waals surface area contributed by atoms with Gasteiger partial charge < -0.3 is 10.6 Å². The molecule has 2 aromatic heterocycles. The third kappa shape index (κ3) is 5.62. The molecule has 2 heterocycles. The normalized spacial score (nSPS) is 13.1. The van der Waals surface area contributed by atoms with Gasteiger partial charge in [-0.15, -0.1) is 11.3 Å². The molecule has 1 unspecified atom stereocenters. The van der Waals surface area contributed by atoms with E-state index in [9.17, 15) is 0 Å². The zero-order valence-corrected chi connectivity index (χ0v) is 16.0. The summed E-state index contributed by atoms with van der Waals surface area (Å²) < 4.78 is 0. The molecule has 1 atom stereocenters. The summed E-state index contributed by atoms with van der Waals surface area (Å²) in [5.74, 6) is 1.33. The van der Waals surface area contributed by atoms with Crippen molar-refractivity contribution in [3.05, 3.63) is 38.0 Å². The number of aromatic nitrogens is 1. The Bertz CT molecular complexity index is 597. The molecule has 0 radical (unpaired) electrons. The molecule has 0 bridgehead atoms. The number of nitrogens with zero attached hydrogens (tertiary/aromatic N) is 2. The maximum atomic E-state index is 4.71. The van der Waals surface area contributed by atoms with E-state index in [4.69, 9.17) is 4.99 Å². The molecule has 0 aliphatic heterocycles. The van der Waals surface area contributed by atoms with Gasteiger partial charge in [0.25, 0.3) is 0 Å². The lowest BCUT2D eigenvalue weighted by molar-refractivity contribution is 0.747. The molecule has 0 fully saturated rings. The Kier molecular flexibility index (Phi) is 7.05. The van der Waals surface area contributed by atoms with Crippen LogP contribution < -0.4 is 10.6 Å². The van der Waals surface area contributed by atoms with Gasteiger partial charge in [-0.05, 0) is 43.2 Å². The predicted octanol–water partition coefficient (Wildman–Crippen LogP) is 3.72. The lowest BCUT2D eigenvalue weighted by Gasteiger charge is -2.12. The van der Waals surface area contributed by atoms with Crippen LogP contribution in [0.5, 0.6) is 0 Å². The molecule has 2 N–H and O–H groups in total. The fourth-order valence-electron chi connectivity index (χ4n) is 2.16. The molecule has 4 nitrogen and oxygen atoms in total. The van der Waals surface area contributed by atoms with Gasteiger partial charge in [0.2, 0.25) is 0 Å². The Hall–Kier alpha value is -1.40. The van der Waals surface area contributed by atoms with Crippen LogP contribution in [0.4, 0.5) is 0 Å². The quantitative estimate of drug-likeness (QED) is 0.591. The number of hydrogen-bond donors (Lipinski definition) is 2. The molecule has 0 aliphatic carbocycles. The summed E-state index contributed by atoms with van der Waals surface area (Å²) >= 11 is 3.53. The first-order valence-corrected chi connectivity index (χ1v) is 9.83. The smallest absolute Gasteiger partial charge is 0.191 e. The Morgan fingerprint density at radius 3 is 2.78 bits per heavy atom. The third-order valence-electron chi connectivity index (χ3n) is 3.68. The van der Waals surface area contributed by atoms with Gasteiger partial charge in [0.15, 0.2) is 5.96 Å². The van der Waals surface area contributed by atoms with Crippen molar-refractivity contribution < 1.29 is 0 Å². The molecule has 0 spiro atoms. The van der Waals surface area contributed by atoms with Gasteiger partial charge in [-0.3, -0.25) is 4.99 Å². The topological polar surface area (TPSA) is 49.3 Å². The van der Waals surface area contributed by atoms with E-state index >= 15 is 0 Å². The van der Waals surface area contributed by atoms with Crippen molar-refractivity contribution in [3.63, 3.8) is 0 Å². The standard InChI is InChI=1S/C17H26N4S2/c1-5-18-17(20-10-12(2)15-7-9-22-11-15)19-8-6-16-21-13(3)14(4)23-16/h7,9,11-12H,5-6,8,10H2,1-4H3,(H2,18,19,20). The highest BCUT2D eigenvalue weighted by Gasteiger charge is 2.07. The van der Waals surface area contributed by atoms with Crippen LogP contribution in [0.2, 0.25) is 0 Å². The number of thiazole rings is 1. The largest absolute Gasteiger partial charge is 0.357 e. The summed E-state index contributed by atoms with van der Waals surface area (Å²) in [5, 5.41) is 12.2. The molecule has 23 heavy (non-hydrogen) atoms. The van der Waals surface area contributed by atoms with Crippen molar-refractivity contribution >= 4 is 28.6 Å². The molecule has 2 rings (SSSR count). The van der Waals surface area contributed by atoms with Crippen LogP contribution >= 0.6 is 22.7 Å². The van der Waals surface area contributed by atoms with Crippen LogP contribution in [0.1, 0.15) is 40.9 Å². The first-order chi connectivity index (χ1) is 11.1. The summed E-state index contributed by atoms with van der Waals surface area (Å²) in [6.07, 6.45) is 0.934. The average molecular weight is 351 g/mol. The summed E-state index contributed by atoms with van der Waals surface area (Å²) in [6.45, 7) is 11.0. The van der Waals surface area contributed by atoms with Gasteiger partial charge in [-0.1, -0.05) is 6.92 Å². The highest BCUT2D eigenvalue weighted by atomic mass is 32.1. The van der Waals surface area contributed by atoms with Gasteiger partial charge in [0.05, 0.1) is 10.7 Å². The van der Waals surface area contributed by atoms with Crippen LogP contribution in [-0.2, 0) is 6.42 Å². The molecule has 0 amide bonds. The number of rotatable bonds is 7. The predicted molar refractivity (Wildman–Crippen MR) is 102 cm³/mol. The summed E-state index contributed by atoms with van der Waals surface area (Å²) in [4.78, 5) is 10.6. The zero-order valence-electron chi connectivity index (χ0n) is 14.3. The molecule has 0 aromatic carbocycles. The minimum absolute atomic E-state index is 0.445. The van der Waals surface area contributed by atoms with Gasteiger partial charge in [-0.25, -0.2) is 4.98 Å². The Morgan fingerprint density at radius 1 is 1.35 bits per heavy atom. The summed E-state index contributed by atoms with van der Waals surface area (Å²) in [7, 11) is 0. The number of aliphatic imine (C=N–C) groups is 1. The van der Waals surface area contributed by atoms with Crippen molar-refractivity contribution in [1.29, 1.82) is 0 Å². The highest BCUT2D eigenvalue weighted by molar-refractivity contribution is 7.11. The van der Waals surface area contributed by atoms with Crippen molar-refractivity contribution in [2.45, 2.75) is 40.0 Å². The van der Waals surface area contributed by atoms with E-state index in [1.165, 1.54) is 15.4 Å². The van der Waals surface area contributed by atoms with Crippen LogP contribution in [-0.4, -0.2) is 30.6 Å². The number of thiophene rings is 1. The first-order valence-electron chi connectivity index (χ1n) is 8.07. The van der Waals surface area contributed by atoms with Crippen molar-refractivity contribution in [2.75, 3.05) is 19.6 Å². The Morgan fingerprint density at radius 2 is 2.17 bits per heavy atom. The molecular weight excluding hydrogens is 324 g/mol. The van der Waals surface area contributed by atoms with E-state index in [0.29, 0.717) is 5.92 Å². The number of nitrogens with one attached hydrogen (secondary N) is 2.